The van der Waals surface area contributed by atoms with E-state index in [4.69, 9.17) is 4.74 Å². The van der Waals surface area contributed by atoms with E-state index in [0.717, 1.165) is 31.7 Å². The summed E-state index contributed by atoms with van der Waals surface area (Å²) in [6.07, 6.45) is -4.71. The number of nitrogens with zero attached hydrogens (tertiary/aromatic N) is 1. The van der Waals surface area contributed by atoms with Gasteiger partial charge in [-0.2, -0.15) is 0 Å². The van der Waals surface area contributed by atoms with Crippen molar-refractivity contribution in [3.63, 3.8) is 0 Å². The second kappa shape index (κ2) is 7.19. The Kier molecular flexibility index (Phi) is 5.65. The van der Waals surface area contributed by atoms with Crippen molar-refractivity contribution in [1.29, 1.82) is 0 Å². The molecule has 0 saturated carbocycles. The molecule has 0 aromatic heterocycles. The maximum Gasteiger partial charge on any atom is 0.573 e. The Morgan fingerprint density at radius 1 is 1.12 bits per heavy atom. The van der Waals surface area contributed by atoms with Crippen molar-refractivity contribution in [3.05, 3.63) is 23.8 Å². The summed E-state index contributed by atoms with van der Waals surface area (Å²) in [5.74, 6) is 0.145. The molecule has 136 valence electrons. The Balaban J connectivity index is 2.38. The summed E-state index contributed by atoms with van der Waals surface area (Å²) < 4.78 is 46.7. The predicted molar refractivity (Wildman–Crippen MR) is 86.3 cm³/mol. The van der Waals surface area contributed by atoms with Gasteiger partial charge in [-0.15, -0.1) is 13.2 Å². The van der Waals surface area contributed by atoms with Gasteiger partial charge < -0.3 is 14.8 Å². The first-order chi connectivity index (χ1) is 11.1. The van der Waals surface area contributed by atoms with Crippen molar-refractivity contribution in [2.24, 2.45) is 5.41 Å². The summed E-state index contributed by atoms with van der Waals surface area (Å²) in [6, 6.07) is 4.38. The molecule has 0 amide bonds. The molecule has 1 aliphatic heterocycles. The number of alkyl halides is 3. The molecule has 0 unspecified atom stereocenters. The van der Waals surface area contributed by atoms with Gasteiger partial charge in [-0.3, -0.25) is 4.90 Å². The highest BCUT2D eigenvalue weighted by atomic mass is 19.4. The average Bonchev–Trinajstić information content (AvgIpc) is 2.47. The van der Waals surface area contributed by atoms with Crippen LogP contribution in [0.25, 0.3) is 0 Å². The van der Waals surface area contributed by atoms with Crippen LogP contribution >= 0.6 is 0 Å². The average molecular weight is 346 g/mol. The van der Waals surface area contributed by atoms with Crippen molar-refractivity contribution < 1.29 is 22.6 Å². The standard InChI is InChI=1S/C17H25F3N2O2/c1-16(2,3)15(22-9-7-21-8-10-22)13-6-5-12(11-14(13)23-4)24-17(18,19)20/h5-6,11,15,21H,7-10H2,1-4H3/t15-/m1/s1. The van der Waals surface area contributed by atoms with E-state index in [9.17, 15) is 13.2 Å². The number of hydrogen-bond acceptors (Lipinski definition) is 4. The molecule has 1 atom stereocenters. The quantitative estimate of drug-likeness (QED) is 0.903. The lowest BCUT2D eigenvalue weighted by Crippen LogP contribution is -2.48. The van der Waals surface area contributed by atoms with E-state index in [1.165, 1.54) is 19.2 Å². The zero-order valence-corrected chi connectivity index (χ0v) is 14.5. The molecule has 1 aromatic rings. The predicted octanol–water partition coefficient (Wildman–Crippen LogP) is 3.59. The lowest BCUT2D eigenvalue weighted by Gasteiger charge is -2.43. The Morgan fingerprint density at radius 2 is 1.75 bits per heavy atom. The van der Waals surface area contributed by atoms with Gasteiger partial charge in [0.25, 0.3) is 0 Å². The van der Waals surface area contributed by atoms with Crippen LogP contribution in [0.2, 0.25) is 0 Å². The summed E-state index contributed by atoms with van der Waals surface area (Å²) in [4.78, 5) is 2.35. The van der Waals surface area contributed by atoms with E-state index in [2.05, 4.69) is 35.7 Å². The van der Waals surface area contributed by atoms with Crippen molar-refractivity contribution in [2.75, 3.05) is 33.3 Å². The van der Waals surface area contributed by atoms with Gasteiger partial charge in [-0.25, -0.2) is 0 Å². The van der Waals surface area contributed by atoms with Gasteiger partial charge in [0.1, 0.15) is 11.5 Å². The second-order valence-electron chi connectivity index (χ2n) is 7.01. The fourth-order valence-electron chi connectivity index (χ4n) is 3.27. The van der Waals surface area contributed by atoms with E-state index in [1.54, 1.807) is 6.07 Å². The molecule has 1 heterocycles. The molecule has 1 fully saturated rings. The molecule has 4 nitrogen and oxygen atoms in total. The van der Waals surface area contributed by atoms with Gasteiger partial charge in [0, 0.05) is 43.9 Å². The van der Waals surface area contributed by atoms with Crippen LogP contribution in [0.15, 0.2) is 18.2 Å². The molecular formula is C17H25F3N2O2. The van der Waals surface area contributed by atoms with Crippen LogP contribution in [0.3, 0.4) is 0 Å². The lowest BCUT2D eigenvalue weighted by molar-refractivity contribution is -0.274. The van der Waals surface area contributed by atoms with Gasteiger partial charge in [-0.05, 0) is 11.5 Å². The molecule has 1 aromatic carbocycles. The number of nitrogens with one attached hydrogen (secondary N) is 1. The highest BCUT2D eigenvalue weighted by Crippen LogP contribution is 2.43. The first kappa shape index (κ1) is 18.9. The maximum atomic E-state index is 12.4. The van der Waals surface area contributed by atoms with Gasteiger partial charge in [0.2, 0.25) is 0 Å². The first-order valence-electron chi connectivity index (χ1n) is 8.00. The summed E-state index contributed by atoms with van der Waals surface area (Å²) in [7, 11) is 1.47. The Labute approximate surface area is 140 Å². The molecule has 24 heavy (non-hydrogen) atoms. The Bertz CT molecular complexity index is 550. The van der Waals surface area contributed by atoms with Crippen LogP contribution in [0.4, 0.5) is 13.2 Å². The van der Waals surface area contributed by atoms with Crippen LogP contribution in [0.1, 0.15) is 32.4 Å². The molecule has 0 radical (unpaired) electrons. The van der Waals surface area contributed by atoms with Crippen LogP contribution in [0.5, 0.6) is 11.5 Å². The molecule has 1 aliphatic rings. The van der Waals surface area contributed by atoms with E-state index in [0.29, 0.717) is 5.75 Å². The number of ether oxygens (including phenoxy) is 2. The fraction of sp³-hybridized carbons (Fsp3) is 0.647. The molecule has 1 N–H and O–H groups in total. The normalized spacial score (nSPS) is 18.3. The lowest BCUT2D eigenvalue weighted by atomic mass is 9.80. The van der Waals surface area contributed by atoms with Crippen LogP contribution in [-0.4, -0.2) is 44.6 Å². The van der Waals surface area contributed by atoms with Gasteiger partial charge in [0.05, 0.1) is 7.11 Å². The molecular weight excluding hydrogens is 321 g/mol. The zero-order valence-electron chi connectivity index (χ0n) is 14.5. The van der Waals surface area contributed by atoms with E-state index in [-0.39, 0.29) is 17.2 Å². The molecule has 0 bridgehead atoms. The largest absolute Gasteiger partial charge is 0.573 e. The first-order valence-corrected chi connectivity index (χ1v) is 8.00. The number of halogens is 3. The SMILES string of the molecule is COc1cc(OC(F)(F)F)ccc1[C@@H](N1CCNCC1)C(C)(C)C. The molecule has 1 saturated heterocycles. The van der Waals surface area contributed by atoms with Crippen molar-refractivity contribution in [3.8, 4) is 11.5 Å². The Hall–Kier alpha value is -1.47. The third kappa shape index (κ3) is 4.77. The minimum absolute atomic E-state index is 0.0366. The third-order valence-electron chi connectivity index (χ3n) is 4.07. The number of rotatable bonds is 4. The van der Waals surface area contributed by atoms with Crippen molar-refractivity contribution in [2.45, 2.75) is 33.2 Å². The van der Waals surface area contributed by atoms with E-state index < -0.39 is 6.36 Å². The fourth-order valence-corrected chi connectivity index (χ4v) is 3.27. The van der Waals surface area contributed by atoms with Crippen LogP contribution < -0.4 is 14.8 Å². The highest BCUT2D eigenvalue weighted by Gasteiger charge is 2.35. The molecule has 7 heteroatoms. The van der Waals surface area contributed by atoms with Gasteiger partial charge in [-0.1, -0.05) is 26.8 Å². The van der Waals surface area contributed by atoms with Gasteiger partial charge in [0.15, 0.2) is 0 Å². The Morgan fingerprint density at radius 3 is 2.25 bits per heavy atom. The van der Waals surface area contributed by atoms with E-state index >= 15 is 0 Å². The summed E-state index contributed by atoms with van der Waals surface area (Å²) in [6.45, 7) is 9.92. The number of methoxy groups -OCH3 is 1. The second-order valence-corrected chi connectivity index (χ2v) is 7.01. The monoisotopic (exact) mass is 346 g/mol. The molecule has 0 spiro atoms. The number of benzene rings is 1. The van der Waals surface area contributed by atoms with Crippen LogP contribution in [-0.2, 0) is 0 Å². The molecule has 0 aliphatic carbocycles. The molecule has 2 rings (SSSR count). The summed E-state index contributed by atoms with van der Waals surface area (Å²) in [5, 5.41) is 3.32. The number of piperazine rings is 1. The topological polar surface area (TPSA) is 33.7 Å². The van der Waals surface area contributed by atoms with Crippen molar-refractivity contribution in [1.82, 2.24) is 10.2 Å². The highest BCUT2D eigenvalue weighted by molar-refractivity contribution is 5.43. The zero-order chi connectivity index (χ0) is 18.0. The minimum Gasteiger partial charge on any atom is -0.496 e. The van der Waals surface area contributed by atoms with Crippen LogP contribution in [0, 0.1) is 5.41 Å². The maximum absolute atomic E-state index is 12.4. The third-order valence-corrected chi connectivity index (χ3v) is 4.07. The summed E-state index contributed by atoms with van der Waals surface area (Å²) in [5.41, 5.74) is 0.776. The summed E-state index contributed by atoms with van der Waals surface area (Å²) >= 11 is 0. The number of hydrogen-bond donors (Lipinski definition) is 1. The minimum atomic E-state index is -4.71. The van der Waals surface area contributed by atoms with Crippen molar-refractivity contribution >= 4 is 0 Å². The van der Waals surface area contributed by atoms with Gasteiger partial charge >= 0.3 is 6.36 Å². The van der Waals surface area contributed by atoms with E-state index in [1.807, 2.05) is 0 Å². The smallest absolute Gasteiger partial charge is 0.496 e.